The van der Waals surface area contributed by atoms with Crippen LogP contribution in [-0.4, -0.2) is 28.9 Å². The lowest BCUT2D eigenvalue weighted by molar-refractivity contribution is -0.129. The zero-order chi connectivity index (χ0) is 13.9. The van der Waals surface area contributed by atoms with Gasteiger partial charge in [0.2, 0.25) is 5.91 Å². The second-order valence-electron chi connectivity index (χ2n) is 5.09. The molecule has 1 aromatic heterocycles. The normalized spacial score (nSPS) is 18.4. The van der Waals surface area contributed by atoms with Crippen molar-refractivity contribution in [2.75, 3.05) is 18.8 Å². The number of benzene rings is 1. The number of nitrogen functional groups attached to an aromatic ring is 1. The molecule has 1 aliphatic heterocycles. The molecule has 2 N–H and O–H groups in total. The van der Waals surface area contributed by atoms with Crippen LogP contribution in [0.3, 0.4) is 0 Å². The molecule has 3 rings (SSSR count). The van der Waals surface area contributed by atoms with E-state index in [4.69, 9.17) is 5.73 Å². The Morgan fingerprint density at radius 3 is 2.90 bits per heavy atom. The minimum atomic E-state index is 0.147. The molecule has 1 amide bonds. The second-order valence-corrected chi connectivity index (χ2v) is 5.98. The molecule has 104 valence electrons. The van der Waals surface area contributed by atoms with Gasteiger partial charge in [-0.05, 0) is 12.0 Å². The standard InChI is InChI=1S/C15H17N3OS/c16-15-17-13(10-20-15)8-14(19)18-7-6-12(9-18)11-4-2-1-3-5-11/h1-5,10,12H,6-9H2,(H2,16,17). The molecule has 1 unspecified atom stereocenters. The summed E-state index contributed by atoms with van der Waals surface area (Å²) >= 11 is 1.38. The molecule has 2 heterocycles. The van der Waals surface area contributed by atoms with E-state index in [1.54, 1.807) is 0 Å². The zero-order valence-electron chi connectivity index (χ0n) is 11.2. The fourth-order valence-electron chi connectivity index (χ4n) is 2.65. The Balaban J connectivity index is 1.61. The molecule has 2 aromatic rings. The number of nitrogens with zero attached hydrogens (tertiary/aromatic N) is 2. The maximum atomic E-state index is 12.3. The summed E-state index contributed by atoms with van der Waals surface area (Å²) in [7, 11) is 0. The first-order valence-corrected chi connectivity index (χ1v) is 7.63. The van der Waals surface area contributed by atoms with Crippen molar-refractivity contribution in [3.8, 4) is 0 Å². The number of hydrogen-bond acceptors (Lipinski definition) is 4. The van der Waals surface area contributed by atoms with Crippen LogP contribution in [-0.2, 0) is 11.2 Å². The van der Waals surface area contributed by atoms with Gasteiger partial charge in [0.15, 0.2) is 5.13 Å². The average molecular weight is 287 g/mol. The summed E-state index contributed by atoms with van der Waals surface area (Å²) in [5.41, 5.74) is 7.69. The van der Waals surface area contributed by atoms with Gasteiger partial charge in [-0.3, -0.25) is 4.79 Å². The maximum absolute atomic E-state index is 12.3. The highest BCUT2D eigenvalue weighted by Crippen LogP contribution is 2.27. The third-order valence-corrected chi connectivity index (χ3v) is 4.44. The fourth-order valence-corrected chi connectivity index (χ4v) is 3.22. The van der Waals surface area contributed by atoms with Crippen LogP contribution in [0, 0.1) is 0 Å². The molecular formula is C15H17N3OS. The number of thiazole rings is 1. The molecule has 0 spiro atoms. The number of carbonyl (C=O) groups excluding carboxylic acids is 1. The van der Waals surface area contributed by atoms with Gasteiger partial charge in [-0.25, -0.2) is 4.98 Å². The smallest absolute Gasteiger partial charge is 0.228 e. The molecule has 4 nitrogen and oxygen atoms in total. The monoisotopic (exact) mass is 287 g/mol. The van der Waals surface area contributed by atoms with Crippen LogP contribution < -0.4 is 5.73 Å². The van der Waals surface area contributed by atoms with Gasteiger partial charge in [-0.2, -0.15) is 0 Å². The van der Waals surface area contributed by atoms with Crippen LogP contribution in [0.5, 0.6) is 0 Å². The van der Waals surface area contributed by atoms with E-state index >= 15 is 0 Å². The Morgan fingerprint density at radius 1 is 1.40 bits per heavy atom. The van der Waals surface area contributed by atoms with Gasteiger partial charge in [0.1, 0.15) is 0 Å². The van der Waals surface area contributed by atoms with E-state index in [-0.39, 0.29) is 5.91 Å². The summed E-state index contributed by atoms with van der Waals surface area (Å²) in [5, 5.41) is 2.38. The average Bonchev–Trinajstić information content (AvgIpc) is 3.09. The number of amides is 1. The van der Waals surface area contributed by atoms with Gasteiger partial charge in [-0.1, -0.05) is 30.3 Å². The lowest BCUT2D eigenvalue weighted by atomic mass is 9.99. The lowest BCUT2D eigenvalue weighted by Gasteiger charge is -2.16. The van der Waals surface area contributed by atoms with E-state index < -0.39 is 0 Å². The van der Waals surface area contributed by atoms with Crippen molar-refractivity contribution < 1.29 is 4.79 Å². The van der Waals surface area contributed by atoms with Crippen molar-refractivity contribution >= 4 is 22.4 Å². The number of aromatic nitrogens is 1. The quantitative estimate of drug-likeness (QED) is 0.942. The number of hydrogen-bond donors (Lipinski definition) is 1. The molecule has 0 saturated carbocycles. The first-order chi connectivity index (χ1) is 9.72. The van der Waals surface area contributed by atoms with E-state index in [1.807, 2.05) is 16.3 Å². The van der Waals surface area contributed by atoms with Crippen molar-refractivity contribution in [3.63, 3.8) is 0 Å². The van der Waals surface area contributed by atoms with Crippen LogP contribution in [0.25, 0.3) is 0 Å². The largest absolute Gasteiger partial charge is 0.375 e. The highest BCUT2D eigenvalue weighted by Gasteiger charge is 2.27. The van der Waals surface area contributed by atoms with Crippen LogP contribution >= 0.6 is 11.3 Å². The maximum Gasteiger partial charge on any atom is 0.228 e. The van der Waals surface area contributed by atoms with Crippen LogP contribution in [0.15, 0.2) is 35.7 Å². The zero-order valence-corrected chi connectivity index (χ0v) is 12.0. The summed E-state index contributed by atoms with van der Waals surface area (Å²) in [5.74, 6) is 0.606. The summed E-state index contributed by atoms with van der Waals surface area (Å²) in [6.45, 7) is 1.64. The van der Waals surface area contributed by atoms with E-state index in [9.17, 15) is 4.79 Å². The molecule has 5 heteroatoms. The Labute approximate surface area is 122 Å². The minimum Gasteiger partial charge on any atom is -0.375 e. The van der Waals surface area contributed by atoms with Crippen LogP contribution in [0.2, 0.25) is 0 Å². The molecule has 1 fully saturated rings. The molecule has 1 aliphatic rings. The molecule has 0 radical (unpaired) electrons. The van der Waals surface area contributed by atoms with Crippen LogP contribution in [0.1, 0.15) is 23.6 Å². The number of likely N-dealkylation sites (tertiary alicyclic amines) is 1. The van der Waals surface area contributed by atoms with E-state index in [2.05, 4.69) is 29.2 Å². The minimum absolute atomic E-state index is 0.147. The first kappa shape index (κ1) is 13.1. The molecule has 20 heavy (non-hydrogen) atoms. The second kappa shape index (κ2) is 5.63. The van der Waals surface area contributed by atoms with Gasteiger partial charge < -0.3 is 10.6 Å². The number of nitrogens with two attached hydrogens (primary N) is 1. The number of carbonyl (C=O) groups is 1. The highest BCUT2D eigenvalue weighted by atomic mass is 32.1. The van der Waals surface area contributed by atoms with E-state index in [0.29, 0.717) is 17.5 Å². The van der Waals surface area contributed by atoms with Gasteiger partial charge >= 0.3 is 0 Å². The SMILES string of the molecule is Nc1nc(CC(=O)N2CCC(c3ccccc3)C2)cs1. The molecule has 1 aromatic carbocycles. The Hall–Kier alpha value is -1.88. The summed E-state index contributed by atoms with van der Waals surface area (Å²) < 4.78 is 0. The molecule has 0 bridgehead atoms. The van der Waals surface area contributed by atoms with Gasteiger partial charge in [0.05, 0.1) is 12.1 Å². The van der Waals surface area contributed by atoms with Crippen molar-refractivity contribution in [1.82, 2.24) is 9.88 Å². The topological polar surface area (TPSA) is 59.2 Å². The predicted molar refractivity (Wildman–Crippen MR) is 80.6 cm³/mol. The van der Waals surface area contributed by atoms with E-state index in [1.165, 1.54) is 16.9 Å². The Bertz CT molecular complexity index is 596. The van der Waals surface area contributed by atoms with Crippen molar-refractivity contribution in [2.45, 2.75) is 18.8 Å². The molecule has 1 atom stereocenters. The Kier molecular flexibility index (Phi) is 3.69. The van der Waals surface area contributed by atoms with Gasteiger partial charge in [-0.15, -0.1) is 11.3 Å². The van der Waals surface area contributed by atoms with Gasteiger partial charge in [0, 0.05) is 24.4 Å². The predicted octanol–water partition coefficient (Wildman–Crippen LogP) is 2.28. The van der Waals surface area contributed by atoms with Gasteiger partial charge in [0.25, 0.3) is 0 Å². The summed E-state index contributed by atoms with van der Waals surface area (Å²) in [4.78, 5) is 18.3. The first-order valence-electron chi connectivity index (χ1n) is 6.75. The molecule has 0 aliphatic carbocycles. The highest BCUT2D eigenvalue weighted by molar-refractivity contribution is 7.13. The van der Waals surface area contributed by atoms with Crippen molar-refractivity contribution in [2.24, 2.45) is 0 Å². The van der Waals surface area contributed by atoms with Crippen molar-refractivity contribution in [3.05, 3.63) is 47.0 Å². The lowest BCUT2D eigenvalue weighted by Crippen LogP contribution is -2.30. The van der Waals surface area contributed by atoms with E-state index in [0.717, 1.165) is 25.2 Å². The third-order valence-electron chi connectivity index (χ3n) is 3.71. The number of rotatable bonds is 3. The molecule has 1 saturated heterocycles. The third kappa shape index (κ3) is 2.82. The summed E-state index contributed by atoms with van der Waals surface area (Å²) in [6, 6.07) is 10.4. The number of anilines is 1. The van der Waals surface area contributed by atoms with Crippen molar-refractivity contribution in [1.29, 1.82) is 0 Å². The van der Waals surface area contributed by atoms with Crippen LogP contribution in [0.4, 0.5) is 5.13 Å². The fraction of sp³-hybridized carbons (Fsp3) is 0.333. The summed E-state index contributed by atoms with van der Waals surface area (Å²) in [6.07, 6.45) is 1.39. The molecular weight excluding hydrogens is 270 g/mol. The Morgan fingerprint density at radius 2 is 2.20 bits per heavy atom.